The third-order valence-electron chi connectivity index (χ3n) is 4.26. The summed E-state index contributed by atoms with van der Waals surface area (Å²) in [6.07, 6.45) is 2.89. The highest BCUT2D eigenvalue weighted by atomic mass is 16.5. The lowest BCUT2D eigenvalue weighted by Crippen LogP contribution is -2.39. The second-order valence-corrected chi connectivity index (χ2v) is 6.91. The van der Waals surface area contributed by atoms with Crippen LogP contribution in [0.4, 0.5) is 0 Å². The first kappa shape index (κ1) is 16.1. The van der Waals surface area contributed by atoms with E-state index in [0.717, 1.165) is 25.1 Å². The van der Waals surface area contributed by atoms with Gasteiger partial charge >= 0.3 is 0 Å². The summed E-state index contributed by atoms with van der Waals surface area (Å²) in [7, 11) is 0. The Morgan fingerprint density at radius 1 is 1.43 bits per heavy atom. The van der Waals surface area contributed by atoms with Crippen LogP contribution in [0.2, 0.25) is 0 Å². The average Bonchev–Trinajstić information content (AvgIpc) is 2.42. The van der Waals surface area contributed by atoms with E-state index in [4.69, 9.17) is 4.74 Å². The van der Waals surface area contributed by atoms with Gasteiger partial charge in [0.1, 0.15) is 5.75 Å². The standard InChI is InChI=1S/C18H27NO2/c1-6-9-19-11-16-13-7-8-15(20)12(2)14(13)10-17(21-16)18(3,4)5/h6-8,16-17,19-20H,1,9-11H2,2-5H3/t16-,17-/m0/s1. The molecule has 116 valence electrons. The summed E-state index contributed by atoms with van der Waals surface area (Å²) >= 11 is 0. The Morgan fingerprint density at radius 3 is 2.76 bits per heavy atom. The number of phenolic OH excluding ortho intramolecular Hbond substituents is 1. The Kier molecular flexibility index (Phi) is 4.74. The molecule has 21 heavy (non-hydrogen) atoms. The van der Waals surface area contributed by atoms with Crippen molar-refractivity contribution in [3.63, 3.8) is 0 Å². The summed E-state index contributed by atoms with van der Waals surface area (Å²) in [4.78, 5) is 0. The SMILES string of the molecule is C=CCNC[C@@H]1O[C@H](C(C)(C)C)Cc2c1ccc(O)c2C. The van der Waals surface area contributed by atoms with Crippen LogP contribution in [0.15, 0.2) is 24.8 Å². The lowest BCUT2D eigenvalue weighted by molar-refractivity contribution is -0.0770. The monoisotopic (exact) mass is 289 g/mol. The molecule has 0 bridgehead atoms. The average molecular weight is 289 g/mol. The molecule has 1 aliphatic rings. The van der Waals surface area contributed by atoms with Gasteiger partial charge in [-0.3, -0.25) is 0 Å². The highest BCUT2D eigenvalue weighted by Crippen LogP contribution is 2.40. The number of phenols is 1. The van der Waals surface area contributed by atoms with Crippen molar-refractivity contribution in [1.29, 1.82) is 0 Å². The third-order valence-corrected chi connectivity index (χ3v) is 4.26. The van der Waals surface area contributed by atoms with E-state index in [1.807, 2.05) is 19.1 Å². The Hall–Kier alpha value is -1.32. The number of rotatable bonds is 4. The van der Waals surface area contributed by atoms with Crippen LogP contribution in [-0.2, 0) is 11.2 Å². The predicted molar refractivity (Wildman–Crippen MR) is 86.7 cm³/mol. The number of benzene rings is 1. The molecule has 2 atom stereocenters. The van der Waals surface area contributed by atoms with Crippen LogP contribution in [0.3, 0.4) is 0 Å². The maximum Gasteiger partial charge on any atom is 0.118 e. The summed E-state index contributed by atoms with van der Waals surface area (Å²) in [6, 6.07) is 3.77. The second kappa shape index (κ2) is 6.20. The van der Waals surface area contributed by atoms with Gasteiger partial charge in [0.05, 0.1) is 12.2 Å². The second-order valence-electron chi connectivity index (χ2n) is 6.91. The van der Waals surface area contributed by atoms with Crippen LogP contribution < -0.4 is 5.32 Å². The van der Waals surface area contributed by atoms with Gasteiger partial charge in [0.25, 0.3) is 0 Å². The van der Waals surface area contributed by atoms with Crippen LogP contribution in [0.5, 0.6) is 5.75 Å². The zero-order valence-corrected chi connectivity index (χ0v) is 13.6. The highest BCUT2D eigenvalue weighted by molar-refractivity contribution is 5.46. The predicted octanol–water partition coefficient (Wildman–Crippen LogP) is 3.50. The molecule has 2 rings (SSSR count). The van der Waals surface area contributed by atoms with Crippen LogP contribution in [-0.4, -0.2) is 24.3 Å². The fourth-order valence-corrected chi connectivity index (χ4v) is 2.83. The normalized spacial score (nSPS) is 21.9. The number of hydrogen-bond donors (Lipinski definition) is 2. The van der Waals surface area contributed by atoms with Gasteiger partial charge in [-0.05, 0) is 41.5 Å². The van der Waals surface area contributed by atoms with Crippen molar-refractivity contribution in [2.24, 2.45) is 5.41 Å². The van der Waals surface area contributed by atoms with Crippen LogP contribution in [0, 0.1) is 12.3 Å². The van der Waals surface area contributed by atoms with Gasteiger partial charge in [0.15, 0.2) is 0 Å². The van der Waals surface area contributed by atoms with E-state index in [1.54, 1.807) is 6.07 Å². The molecule has 0 aromatic heterocycles. The van der Waals surface area contributed by atoms with E-state index in [9.17, 15) is 5.11 Å². The van der Waals surface area contributed by atoms with Crippen molar-refractivity contribution in [2.45, 2.75) is 46.3 Å². The molecule has 1 heterocycles. The van der Waals surface area contributed by atoms with Crippen molar-refractivity contribution in [1.82, 2.24) is 5.32 Å². The van der Waals surface area contributed by atoms with Crippen molar-refractivity contribution < 1.29 is 9.84 Å². The first-order chi connectivity index (χ1) is 9.84. The Morgan fingerprint density at radius 2 is 2.14 bits per heavy atom. The maximum absolute atomic E-state index is 10.00. The topological polar surface area (TPSA) is 41.5 Å². The van der Waals surface area contributed by atoms with Gasteiger partial charge in [-0.1, -0.05) is 32.9 Å². The molecule has 0 aliphatic carbocycles. The van der Waals surface area contributed by atoms with E-state index >= 15 is 0 Å². The molecule has 0 amide bonds. The first-order valence-electron chi connectivity index (χ1n) is 7.63. The highest BCUT2D eigenvalue weighted by Gasteiger charge is 2.35. The molecule has 0 spiro atoms. The molecule has 3 heteroatoms. The molecule has 1 aliphatic heterocycles. The smallest absolute Gasteiger partial charge is 0.118 e. The Labute approximate surface area is 128 Å². The first-order valence-corrected chi connectivity index (χ1v) is 7.63. The molecule has 1 aromatic carbocycles. The van der Waals surface area contributed by atoms with E-state index < -0.39 is 0 Å². The number of ether oxygens (including phenoxy) is 1. The summed E-state index contributed by atoms with van der Waals surface area (Å²) in [5.41, 5.74) is 3.50. The third kappa shape index (κ3) is 3.47. The zero-order chi connectivity index (χ0) is 15.6. The lowest BCUT2D eigenvalue weighted by Gasteiger charge is -2.40. The molecule has 0 saturated heterocycles. The number of nitrogens with one attached hydrogen (secondary N) is 1. The zero-order valence-electron chi connectivity index (χ0n) is 13.6. The minimum Gasteiger partial charge on any atom is -0.508 e. The molecule has 1 aromatic rings. The summed E-state index contributed by atoms with van der Waals surface area (Å²) in [5.74, 6) is 0.376. The van der Waals surface area contributed by atoms with Gasteiger partial charge in [-0.2, -0.15) is 0 Å². The van der Waals surface area contributed by atoms with E-state index in [-0.39, 0.29) is 17.6 Å². The van der Waals surface area contributed by atoms with Gasteiger partial charge < -0.3 is 15.2 Å². The van der Waals surface area contributed by atoms with E-state index in [1.165, 1.54) is 11.1 Å². The molecule has 0 unspecified atom stereocenters. The fraction of sp³-hybridized carbons (Fsp3) is 0.556. The van der Waals surface area contributed by atoms with Gasteiger partial charge in [0.2, 0.25) is 0 Å². The molecule has 0 saturated carbocycles. The molecule has 0 radical (unpaired) electrons. The van der Waals surface area contributed by atoms with Crippen molar-refractivity contribution in [3.8, 4) is 5.75 Å². The molecular formula is C18H27NO2. The summed E-state index contributed by atoms with van der Waals surface area (Å²) in [5, 5.41) is 13.3. The molecule has 0 fully saturated rings. The molecule has 3 nitrogen and oxygen atoms in total. The summed E-state index contributed by atoms with van der Waals surface area (Å²) < 4.78 is 6.34. The van der Waals surface area contributed by atoms with Crippen molar-refractivity contribution in [2.75, 3.05) is 13.1 Å². The maximum atomic E-state index is 10.00. The lowest BCUT2D eigenvalue weighted by atomic mass is 9.80. The van der Waals surface area contributed by atoms with Gasteiger partial charge in [-0.15, -0.1) is 6.58 Å². The molecule has 2 N–H and O–H groups in total. The van der Waals surface area contributed by atoms with Crippen LogP contribution in [0.25, 0.3) is 0 Å². The fourth-order valence-electron chi connectivity index (χ4n) is 2.83. The van der Waals surface area contributed by atoms with Crippen LogP contribution >= 0.6 is 0 Å². The Bertz CT molecular complexity index is 517. The van der Waals surface area contributed by atoms with Crippen molar-refractivity contribution >= 4 is 0 Å². The molecular weight excluding hydrogens is 262 g/mol. The number of hydrogen-bond acceptors (Lipinski definition) is 3. The minimum atomic E-state index is 0.0252. The minimum absolute atomic E-state index is 0.0252. The van der Waals surface area contributed by atoms with Crippen LogP contribution in [0.1, 0.15) is 43.6 Å². The number of aromatic hydroxyl groups is 1. The number of fused-ring (bicyclic) bond motifs is 1. The van der Waals surface area contributed by atoms with E-state index in [0.29, 0.717) is 5.75 Å². The largest absolute Gasteiger partial charge is 0.508 e. The van der Waals surface area contributed by atoms with Gasteiger partial charge in [-0.25, -0.2) is 0 Å². The summed E-state index contributed by atoms with van der Waals surface area (Å²) in [6.45, 7) is 13.9. The quantitative estimate of drug-likeness (QED) is 0.658. The Balaban J connectivity index is 2.33. The van der Waals surface area contributed by atoms with Gasteiger partial charge in [0, 0.05) is 13.1 Å². The van der Waals surface area contributed by atoms with Crippen molar-refractivity contribution in [3.05, 3.63) is 41.5 Å². The van der Waals surface area contributed by atoms with E-state index in [2.05, 4.69) is 32.7 Å².